The van der Waals surface area contributed by atoms with Crippen LogP contribution in [0.25, 0.3) is 10.4 Å². The zero-order valence-electron chi connectivity index (χ0n) is 18.7. The van der Waals surface area contributed by atoms with Crippen LogP contribution in [0.1, 0.15) is 22.5 Å². The number of halogens is 1. The average Bonchev–Trinajstić information content (AvgIpc) is 3.17. The van der Waals surface area contributed by atoms with E-state index in [9.17, 15) is 14.7 Å². The summed E-state index contributed by atoms with van der Waals surface area (Å²) in [6.07, 6.45) is 1.86. The highest BCUT2D eigenvalue weighted by Gasteiger charge is 2.24. The highest BCUT2D eigenvalue weighted by Crippen LogP contribution is 2.45. The second-order valence-corrected chi connectivity index (χ2v) is 9.92. The average molecular weight is 544 g/mol. The van der Waals surface area contributed by atoms with Crippen molar-refractivity contribution in [3.05, 3.63) is 63.9 Å². The van der Waals surface area contributed by atoms with Gasteiger partial charge in [-0.1, -0.05) is 30.3 Å². The number of amides is 2. The molecular weight excluding hydrogens is 518 g/mol. The lowest BCUT2D eigenvalue weighted by molar-refractivity contribution is 0.0603. The van der Waals surface area contributed by atoms with E-state index in [0.717, 1.165) is 54.3 Å². The number of aromatic hydroxyl groups is 1. The number of methoxy groups -OCH3 is 1. The van der Waals surface area contributed by atoms with Gasteiger partial charge >= 0.3 is 12.0 Å². The maximum Gasteiger partial charge on any atom is 0.351 e. The third-order valence-electron chi connectivity index (χ3n) is 5.84. The zero-order valence-corrected chi connectivity index (χ0v) is 21.1. The van der Waals surface area contributed by atoms with Crippen molar-refractivity contribution in [2.75, 3.05) is 37.4 Å². The molecule has 34 heavy (non-hydrogen) atoms. The van der Waals surface area contributed by atoms with E-state index in [1.54, 1.807) is 0 Å². The lowest BCUT2D eigenvalue weighted by atomic mass is 9.97. The number of piperidine rings is 1. The van der Waals surface area contributed by atoms with Gasteiger partial charge in [0, 0.05) is 31.0 Å². The number of thiophene rings is 1. The van der Waals surface area contributed by atoms with Crippen LogP contribution in [0, 0.1) is 5.92 Å². The molecule has 1 aromatic heterocycles. The van der Waals surface area contributed by atoms with Crippen LogP contribution in [0.4, 0.5) is 16.2 Å². The van der Waals surface area contributed by atoms with Crippen LogP contribution >= 0.6 is 27.3 Å². The van der Waals surface area contributed by atoms with Crippen molar-refractivity contribution in [3.8, 4) is 16.2 Å². The monoisotopic (exact) mass is 543 g/mol. The Kier molecular flexibility index (Phi) is 7.74. The van der Waals surface area contributed by atoms with Gasteiger partial charge in [0.2, 0.25) is 0 Å². The Morgan fingerprint density at radius 3 is 2.53 bits per heavy atom. The van der Waals surface area contributed by atoms with Gasteiger partial charge in [-0.05, 0) is 64.5 Å². The summed E-state index contributed by atoms with van der Waals surface area (Å²) in [7, 11) is 1.29. The van der Waals surface area contributed by atoms with Crippen molar-refractivity contribution in [1.29, 1.82) is 0 Å². The summed E-state index contributed by atoms with van der Waals surface area (Å²) in [5.74, 6) is -0.200. The topological polar surface area (TPSA) is 90.9 Å². The number of benzene rings is 2. The molecule has 2 aromatic carbocycles. The van der Waals surface area contributed by atoms with Gasteiger partial charge in [0.15, 0.2) is 10.6 Å². The van der Waals surface area contributed by atoms with Gasteiger partial charge in [0.1, 0.15) is 0 Å². The number of para-hydroxylation sites is 1. The normalized spacial score (nSPS) is 14.0. The van der Waals surface area contributed by atoms with Crippen molar-refractivity contribution in [3.63, 3.8) is 0 Å². The van der Waals surface area contributed by atoms with Gasteiger partial charge in [0.05, 0.1) is 16.5 Å². The number of nitrogens with zero attached hydrogens (tertiary/aromatic N) is 1. The molecule has 0 radical (unpaired) electrons. The minimum absolute atomic E-state index is 0.0542. The maximum absolute atomic E-state index is 12.5. The Morgan fingerprint density at radius 2 is 1.82 bits per heavy atom. The second-order valence-electron chi connectivity index (χ2n) is 8.10. The van der Waals surface area contributed by atoms with Gasteiger partial charge in [0.25, 0.3) is 0 Å². The lowest BCUT2D eigenvalue weighted by Gasteiger charge is -2.32. The standard InChI is InChI=1S/C25H26BrN3O4S/c1-33-24(31)23-21(30)20(26)22(34-23)17-6-5-9-19(14-17)27-15-16-10-12-29(13-11-16)25(32)28-18-7-3-2-4-8-18/h2-9,14,16,27,30H,10-13,15H2,1H3,(H,28,32). The first kappa shape index (κ1) is 24.1. The van der Waals surface area contributed by atoms with Crippen molar-refractivity contribution in [2.24, 2.45) is 5.92 Å². The minimum Gasteiger partial charge on any atom is -0.505 e. The van der Waals surface area contributed by atoms with E-state index >= 15 is 0 Å². The zero-order chi connectivity index (χ0) is 24.1. The number of hydrogen-bond acceptors (Lipinski definition) is 6. The number of carbonyl (C=O) groups is 2. The van der Waals surface area contributed by atoms with Gasteiger partial charge in [-0.2, -0.15) is 0 Å². The van der Waals surface area contributed by atoms with Crippen LogP contribution < -0.4 is 10.6 Å². The maximum atomic E-state index is 12.5. The van der Waals surface area contributed by atoms with Crippen LogP contribution in [0.2, 0.25) is 0 Å². The molecule has 1 saturated heterocycles. The number of likely N-dealkylation sites (tertiary alicyclic amines) is 1. The van der Waals surface area contributed by atoms with E-state index in [1.165, 1.54) is 18.4 Å². The Bertz CT molecular complexity index is 1160. The molecule has 1 aliphatic heterocycles. The molecule has 4 rings (SSSR count). The predicted molar refractivity (Wildman–Crippen MR) is 139 cm³/mol. The smallest absolute Gasteiger partial charge is 0.351 e. The molecule has 9 heteroatoms. The summed E-state index contributed by atoms with van der Waals surface area (Å²) in [5.41, 5.74) is 2.65. The molecule has 1 aliphatic rings. The van der Waals surface area contributed by atoms with E-state index in [1.807, 2.05) is 59.5 Å². The van der Waals surface area contributed by atoms with Crippen LogP contribution in [0.3, 0.4) is 0 Å². The number of ether oxygens (including phenoxy) is 1. The fourth-order valence-electron chi connectivity index (χ4n) is 3.92. The minimum atomic E-state index is -0.562. The first-order valence-electron chi connectivity index (χ1n) is 11.0. The third kappa shape index (κ3) is 5.53. The van der Waals surface area contributed by atoms with Gasteiger partial charge in [-0.3, -0.25) is 0 Å². The first-order valence-corrected chi connectivity index (χ1v) is 12.6. The van der Waals surface area contributed by atoms with Gasteiger partial charge < -0.3 is 25.4 Å². The van der Waals surface area contributed by atoms with Crippen LogP contribution in [0.15, 0.2) is 59.1 Å². The highest BCUT2D eigenvalue weighted by atomic mass is 79.9. The molecule has 0 saturated carbocycles. The molecule has 0 bridgehead atoms. The molecule has 7 nitrogen and oxygen atoms in total. The summed E-state index contributed by atoms with van der Waals surface area (Å²) in [6.45, 7) is 2.26. The summed E-state index contributed by atoms with van der Waals surface area (Å²) < 4.78 is 5.24. The number of carbonyl (C=O) groups excluding carboxylic acids is 2. The first-order chi connectivity index (χ1) is 16.5. The fourth-order valence-corrected chi connectivity index (χ4v) is 5.72. The van der Waals surface area contributed by atoms with Gasteiger partial charge in [-0.25, -0.2) is 9.59 Å². The molecule has 0 unspecified atom stereocenters. The van der Waals surface area contributed by atoms with Crippen molar-refractivity contribution >= 4 is 50.6 Å². The summed E-state index contributed by atoms with van der Waals surface area (Å²) >= 11 is 4.58. The summed E-state index contributed by atoms with van der Waals surface area (Å²) in [4.78, 5) is 27.2. The van der Waals surface area contributed by atoms with E-state index in [-0.39, 0.29) is 16.7 Å². The third-order valence-corrected chi connectivity index (χ3v) is 8.09. The summed E-state index contributed by atoms with van der Waals surface area (Å²) in [5, 5.41) is 16.7. The number of esters is 1. The van der Waals surface area contributed by atoms with Crippen molar-refractivity contribution in [1.82, 2.24) is 4.90 Å². The molecule has 0 spiro atoms. The van der Waals surface area contributed by atoms with Crippen LogP contribution in [0.5, 0.6) is 5.75 Å². The Morgan fingerprint density at radius 1 is 1.12 bits per heavy atom. The quantitative estimate of drug-likeness (QED) is 0.330. The van der Waals surface area contributed by atoms with Crippen molar-refractivity contribution < 1.29 is 19.4 Å². The largest absolute Gasteiger partial charge is 0.505 e. The molecule has 1 fully saturated rings. The van der Waals surface area contributed by atoms with Gasteiger partial charge in [-0.15, -0.1) is 11.3 Å². The number of anilines is 2. The van der Waals surface area contributed by atoms with Crippen LogP contribution in [-0.4, -0.2) is 48.8 Å². The Hall–Kier alpha value is -3.04. The molecule has 3 N–H and O–H groups in total. The molecule has 2 amide bonds. The van der Waals surface area contributed by atoms with E-state index < -0.39 is 5.97 Å². The Balaban J connectivity index is 1.32. The SMILES string of the molecule is COC(=O)c1sc(-c2cccc(NCC3CCN(C(=O)Nc4ccccc4)CC3)c2)c(Br)c1O. The number of urea groups is 1. The molecule has 0 aliphatic carbocycles. The number of nitrogens with one attached hydrogen (secondary N) is 2. The van der Waals surface area contributed by atoms with Crippen LogP contribution in [-0.2, 0) is 4.74 Å². The van der Waals surface area contributed by atoms with E-state index in [4.69, 9.17) is 4.74 Å². The van der Waals surface area contributed by atoms with E-state index in [0.29, 0.717) is 10.4 Å². The molecule has 3 aromatic rings. The molecule has 178 valence electrons. The molecular formula is C25H26BrN3O4S. The summed E-state index contributed by atoms with van der Waals surface area (Å²) in [6, 6.07) is 17.3. The predicted octanol–water partition coefficient (Wildman–Crippen LogP) is 6.03. The molecule has 0 atom stereocenters. The van der Waals surface area contributed by atoms with Crippen molar-refractivity contribution in [2.45, 2.75) is 12.8 Å². The van der Waals surface area contributed by atoms with E-state index in [2.05, 4.69) is 26.6 Å². The fraction of sp³-hybridized carbons (Fsp3) is 0.280. The number of hydrogen-bond donors (Lipinski definition) is 3. The highest BCUT2D eigenvalue weighted by molar-refractivity contribution is 9.10. The Labute approximate surface area is 210 Å². The second kappa shape index (κ2) is 10.9. The molecule has 2 heterocycles. The lowest BCUT2D eigenvalue weighted by Crippen LogP contribution is -2.42. The number of rotatable bonds is 6.